The average Bonchev–Trinajstić information content (AvgIpc) is 2.86. The third-order valence-corrected chi connectivity index (χ3v) is 4.12. The topological polar surface area (TPSA) is 44.1 Å². The summed E-state index contributed by atoms with van der Waals surface area (Å²) in [6, 6.07) is 3.54. The van der Waals surface area contributed by atoms with E-state index in [-0.39, 0.29) is 5.69 Å². The molecular weight excluding hydrogens is 355 g/mol. The van der Waals surface area contributed by atoms with Crippen molar-refractivity contribution < 1.29 is 9.53 Å². The predicted octanol–water partition coefficient (Wildman–Crippen LogP) is 4.12. The van der Waals surface area contributed by atoms with E-state index in [4.69, 9.17) is 27.9 Å². The van der Waals surface area contributed by atoms with E-state index in [0.717, 1.165) is 0 Å². The molecule has 0 atom stereocenters. The molecule has 7 heteroatoms. The molecule has 0 bridgehead atoms. The van der Waals surface area contributed by atoms with E-state index in [1.807, 2.05) is 0 Å². The number of hydrogen-bond acceptors (Lipinski definition) is 3. The van der Waals surface area contributed by atoms with Crippen molar-refractivity contribution >= 4 is 45.1 Å². The lowest BCUT2D eigenvalue weighted by Crippen LogP contribution is -2.04. The molecule has 19 heavy (non-hydrogen) atoms. The third-order valence-electron chi connectivity index (χ3n) is 2.36. The zero-order valence-electron chi connectivity index (χ0n) is 9.86. The molecule has 0 saturated carbocycles. The number of imidazole rings is 1. The second kappa shape index (κ2) is 5.94. The quantitative estimate of drug-likeness (QED) is 0.608. The molecule has 0 aliphatic carbocycles. The second-order valence-corrected chi connectivity index (χ2v) is 5.19. The standard InChI is InChI=1S/C12H9BrCl2N2O2/c1-2-19-12(18)8-5-17(6-16-8)9-4-3-7(13)10(14)11(9)15/h3-6H,2H2,1H3. The maximum atomic E-state index is 11.5. The van der Waals surface area contributed by atoms with E-state index in [0.29, 0.717) is 26.8 Å². The summed E-state index contributed by atoms with van der Waals surface area (Å²) < 4.78 is 7.19. The van der Waals surface area contributed by atoms with Crippen molar-refractivity contribution in [3.05, 3.63) is 44.9 Å². The van der Waals surface area contributed by atoms with Crippen LogP contribution in [0.25, 0.3) is 5.69 Å². The molecule has 0 N–H and O–H groups in total. The smallest absolute Gasteiger partial charge is 0.358 e. The summed E-state index contributed by atoms with van der Waals surface area (Å²) in [4.78, 5) is 15.5. The monoisotopic (exact) mass is 362 g/mol. The molecule has 0 aliphatic rings. The van der Waals surface area contributed by atoms with Crippen LogP contribution < -0.4 is 0 Å². The Morgan fingerprint density at radius 1 is 1.42 bits per heavy atom. The van der Waals surface area contributed by atoms with Crippen LogP contribution in [0.5, 0.6) is 0 Å². The average molecular weight is 364 g/mol. The van der Waals surface area contributed by atoms with Gasteiger partial charge >= 0.3 is 5.97 Å². The summed E-state index contributed by atoms with van der Waals surface area (Å²) in [7, 11) is 0. The molecule has 2 aromatic rings. The van der Waals surface area contributed by atoms with Gasteiger partial charge in [-0.05, 0) is 35.0 Å². The van der Waals surface area contributed by atoms with E-state index in [1.54, 1.807) is 29.8 Å². The van der Waals surface area contributed by atoms with Crippen molar-refractivity contribution in [1.82, 2.24) is 9.55 Å². The Kier molecular flexibility index (Phi) is 4.50. The van der Waals surface area contributed by atoms with E-state index in [9.17, 15) is 4.79 Å². The van der Waals surface area contributed by atoms with Gasteiger partial charge in [-0.15, -0.1) is 0 Å². The Hall–Kier alpha value is -1.04. The van der Waals surface area contributed by atoms with Gasteiger partial charge < -0.3 is 9.30 Å². The molecule has 0 saturated heterocycles. The number of carbonyl (C=O) groups excluding carboxylic acids is 1. The first-order valence-corrected chi connectivity index (χ1v) is 6.94. The number of esters is 1. The molecule has 0 aliphatic heterocycles. The van der Waals surface area contributed by atoms with Gasteiger partial charge in [0.2, 0.25) is 0 Å². The first-order chi connectivity index (χ1) is 9.04. The Morgan fingerprint density at radius 2 is 2.16 bits per heavy atom. The van der Waals surface area contributed by atoms with Gasteiger partial charge in [-0.25, -0.2) is 9.78 Å². The van der Waals surface area contributed by atoms with Crippen molar-refractivity contribution in [1.29, 1.82) is 0 Å². The van der Waals surface area contributed by atoms with Crippen LogP contribution in [0.4, 0.5) is 0 Å². The SMILES string of the molecule is CCOC(=O)c1cn(-c2ccc(Br)c(Cl)c2Cl)cn1. The summed E-state index contributed by atoms with van der Waals surface area (Å²) >= 11 is 15.5. The van der Waals surface area contributed by atoms with Gasteiger partial charge in [0.15, 0.2) is 5.69 Å². The van der Waals surface area contributed by atoms with Crippen LogP contribution in [0.1, 0.15) is 17.4 Å². The number of halogens is 3. The molecule has 0 radical (unpaired) electrons. The molecular formula is C12H9BrCl2N2O2. The maximum absolute atomic E-state index is 11.5. The summed E-state index contributed by atoms with van der Waals surface area (Å²) in [6.45, 7) is 2.04. The first-order valence-electron chi connectivity index (χ1n) is 5.39. The van der Waals surface area contributed by atoms with E-state index in [2.05, 4.69) is 20.9 Å². The minimum Gasteiger partial charge on any atom is -0.461 e. The summed E-state index contributed by atoms with van der Waals surface area (Å²) in [5.74, 6) is -0.472. The van der Waals surface area contributed by atoms with Gasteiger partial charge in [-0.3, -0.25) is 0 Å². The molecule has 100 valence electrons. The molecule has 0 unspecified atom stereocenters. The third kappa shape index (κ3) is 2.94. The number of carbonyl (C=O) groups is 1. The highest BCUT2D eigenvalue weighted by molar-refractivity contribution is 9.10. The summed E-state index contributed by atoms with van der Waals surface area (Å²) in [5, 5.41) is 0.786. The molecule has 0 amide bonds. The fraction of sp³-hybridized carbons (Fsp3) is 0.167. The summed E-state index contributed by atoms with van der Waals surface area (Å²) in [6.07, 6.45) is 3.03. The Labute approximate surface area is 128 Å². The molecule has 1 aromatic heterocycles. The fourth-order valence-corrected chi connectivity index (χ4v) is 2.35. The van der Waals surface area contributed by atoms with Crippen LogP contribution in [0.3, 0.4) is 0 Å². The minimum atomic E-state index is -0.472. The lowest BCUT2D eigenvalue weighted by Gasteiger charge is -2.07. The van der Waals surface area contributed by atoms with Gasteiger partial charge in [0, 0.05) is 10.7 Å². The van der Waals surface area contributed by atoms with Crippen LogP contribution in [0.2, 0.25) is 10.0 Å². The van der Waals surface area contributed by atoms with Crippen LogP contribution in [-0.4, -0.2) is 22.1 Å². The van der Waals surface area contributed by atoms with Gasteiger partial charge in [-0.1, -0.05) is 23.2 Å². The Bertz CT molecular complexity index is 628. The zero-order valence-corrected chi connectivity index (χ0v) is 13.0. The van der Waals surface area contributed by atoms with E-state index >= 15 is 0 Å². The molecule has 4 nitrogen and oxygen atoms in total. The van der Waals surface area contributed by atoms with E-state index < -0.39 is 5.97 Å². The number of ether oxygens (including phenoxy) is 1. The first kappa shape index (κ1) is 14.4. The number of nitrogens with zero attached hydrogens (tertiary/aromatic N) is 2. The number of benzene rings is 1. The molecule has 1 aromatic carbocycles. The lowest BCUT2D eigenvalue weighted by molar-refractivity contribution is 0.0520. The Balaban J connectivity index is 2.38. The number of hydrogen-bond donors (Lipinski definition) is 0. The van der Waals surface area contributed by atoms with Crippen molar-refractivity contribution in [2.24, 2.45) is 0 Å². The predicted molar refractivity (Wildman–Crippen MR) is 77.2 cm³/mol. The highest BCUT2D eigenvalue weighted by atomic mass is 79.9. The maximum Gasteiger partial charge on any atom is 0.358 e. The van der Waals surface area contributed by atoms with E-state index in [1.165, 1.54) is 6.33 Å². The van der Waals surface area contributed by atoms with Crippen molar-refractivity contribution in [3.8, 4) is 5.69 Å². The van der Waals surface area contributed by atoms with Crippen molar-refractivity contribution in [2.45, 2.75) is 6.92 Å². The van der Waals surface area contributed by atoms with Crippen LogP contribution in [-0.2, 0) is 4.74 Å². The minimum absolute atomic E-state index is 0.219. The molecule has 0 fully saturated rings. The lowest BCUT2D eigenvalue weighted by atomic mass is 10.3. The molecule has 0 spiro atoms. The zero-order chi connectivity index (χ0) is 14.0. The van der Waals surface area contributed by atoms with Gasteiger partial charge in [0.1, 0.15) is 6.33 Å². The van der Waals surface area contributed by atoms with Gasteiger partial charge in [-0.2, -0.15) is 0 Å². The normalized spacial score (nSPS) is 10.5. The summed E-state index contributed by atoms with van der Waals surface area (Å²) in [5.41, 5.74) is 0.856. The highest BCUT2D eigenvalue weighted by Gasteiger charge is 2.14. The van der Waals surface area contributed by atoms with Crippen molar-refractivity contribution in [2.75, 3.05) is 6.61 Å². The number of rotatable bonds is 3. The van der Waals surface area contributed by atoms with Crippen LogP contribution in [0.15, 0.2) is 29.1 Å². The van der Waals surface area contributed by atoms with Crippen LogP contribution in [0, 0.1) is 0 Å². The van der Waals surface area contributed by atoms with Gasteiger partial charge in [0.25, 0.3) is 0 Å². The highest BCUT2D eigenvalue weighted by Crippen LogP contribution is 2.34. The Morgan fingerprint density at radius 3 is 2.84 bits per heavy atom. The molecule has 2 rings (SSSR count). The van der Waals surface area contributed by atoms with Crippen molar-refractivity contribution in [3.63, 3.8) is 0 Å². The van der Waals surface area contributed by atoms with Gasteiger partial charge in [0.05, 0.1) is 22.3 Å². The fourth-order valence-electron chi connectivity index (χ4n) is 1.48. The van der Waals surface area contributed by atoms with Crippen LogP contribution >= 0.6 is 39.1 Å². The number of aromatic nitrogens is 2. The molecule has 1 heterocycles. The largest absolute Gasteiger partial charge is 0.461 e. The second-order valence-electron chi connectivity index (χ2n) is 3.58.